The molecular formula is C17H30N4. The molecule has 2 N–H and O–H groups in total. The van der Waals surface area contributed by atoms with Gasteiger partial charge < -0.3 is 15.5 Å². The highest BCUT2D eigenvalue weighted by Crippen LogP contribution is 2.29. The van der Waals surface area contributed by atoms with Gasteiger partial charge in [0.05, 0.1) is 0 Å². The summed E-state index contributed by atoms with van der Waals surface area (Å²) in [5, 5.41) is 0. The first-order valence-corrected chi connectivity index (χ1v) is 7.92. The summed E-state index contributed by atoms with van der Waals surface area (Å²) in [6.07, 6.45) is 2.43. The standard InChI is InChI=1S/C17H30N4/c1-19(2)10-11-21(4)17(13-18)15-7-8-16-14(12-15)6-5-9-20(16)3/h7-8,12,17H,5-6,9-11,13,18H2,1-4H3. The van der Waals surface area contributed by atoms with E-state index in [4.69, 9.17) is 5.73 Å². The lowest BCUT2D eigenvalue weighted by molar-refractivity contribution is 0.222. The predicted octanol–water partition coefficient (Wildman–Crippen LogP) is 1.56. The molecule has 0 saturated carbocycles. The van der Waals surface area contributed by atoms with Crippen LogP contribution in [0.4, 0.5) is 5.69 Å². The molecule has 4 nitrogen and oxygen atoms in total. The smallest absolute Gasteiger partial charge is 0.0468 e. The van der Waals surface area contributed by atoms with Gasteiger partial charge in [0, 0.05) is 45.0 Å². The minimum atomic E-state index is 0.308. The summed E-state index contributed by atoms with van der Waals surface area (Å²) in [7, 11) is 8.58. The highest BCUT2D eigenvalue weighted by atomic mass is 15.2. The number of nitrogens with two attached hydrogens (primary N) is 1. The average Bonchev–Trinajstić information content (AvgIpc) is 2.46. The molecule has 4 heteroatoms. The number of hydrogen-bond acceptors (Lipinski definition) is 4. The maximum atomic E-state index is 6.05. The molecular weight excluding hydrogens is 260 g/mol. The Bertz CT molecular complexity index is 458. The SMILES string of the molecule is CN(C)CCN(C)C(CN)c1ccc2c(c1)CCCN2C. The quantitative estimate of drug-likeness (QED) is 0.862. The van der Waals surface area contributed by atoms with Gasteiger partial charge in [-0.3, -0.25) is 4.90 Å². The molecule has 118 valence electrons. The Kier molecular flexibility index (Phi) is 5.62. The number of hydrogen-bond donors (Lipinski definition) is 1. The number of nitrogens with zero attached hydrogens (tertiary/aromatic N) is 3. The van der Waals surface area contributed by atoms with Gasteiger partial charge in [-0.05, 0) is 51.2 Å². The number of likely N-dealkylation sites (N-methyl/N-ethyl adjacent to an activating group) is 2. The number of fused-ring (bicyclic) bond motifs is 1. The van der Waals surface area contributed by atoms with Crippen molar-refractivity contribution in [2.75, 3.05) is 59.3 Å². The van der Waals surface area contributed by atoms with E-state index >= 15 is 0 Å². The van der Waals surface area contributed by atoms with Gasteiger partial charge in [-0.2, -0.15) is 0 Å². The first kappa shape index (κ1) is 16.3. The molecule has 0 radical (unpaired) electrons. The Morgan fingerprint density at radius 2 is 2.00 bits per heavy atom. The van der Waals surface area contributed by atoms with Crippen molar-refractivity contribution in [1.82, 2.24) is 9.80 Å². The normalized spacial score (nSPS) is 16.4. The van der Waals surface area contributed by atoms with Gasteiger partial charge in [0.2, 0.25) is 0 Å². The van der Waals surface area contributed by atoms with Gasteiger partial charge in [0.25, 0.3) is 0 Å². The summed E-state index contributed by atoms with van der Waals surface area (Å²) in [4.78, 5) is 6.94. The number of rotatable bonds is 6. The molecule has 1 aromatic carbocycles. The van der Waals surface area contributed by atoms with Crippen molar-refractivity contribution < 1.29 is 0 Å². The second kappa shape index (κ2) is 7.25. The summed E-state index contributed by atoms with van der Waals surface area (Å²) in [6, 6.07) is 7.20. The Morgan fingerprint density at radius 1 is 1.24 bits per heavy atom. The number of aryl methyl sites for hydroxylation is 1. The van der Waals surface area contributed by atoms with Crippen molar-refractivity contribution >= 4 is 5.69 Å². The average molecular weight is 290 g/mol. The molecule has 1 heterocycles. The Labute approximate surface area is 129 Å². The van der Waals surface area contributed by atoms with Crippen molar-refractivity contribution in [3.05, 3.63) is 29.3 Å². The first-order chi connectivity index (χ1) is 10.0. The second-order valence-corrected chi connectivity index (χ2v) is 6.45. The van der Waals surface area contributed by atoms with Crippen LogP contribution in [0.15, 0.2) is 18.2 Å². The van der Waals surface area contributed by atoms with Crippen LogP contribution < -0.4 is 10.6 Å². The van der Waals surface area contributed by atoms with E-state index in [0.717, 1.165) is 19.6 Å². The summed E-state index contributed by atoms with van der Waals surface area (Å²) in [6.45, 7) is 3.92. The minimum Gasteiger partial charge on any atom is -0.374 e. The molecule has 2 rings (SSSR count). The highest BCUT2D eigenvalue weighted by molar-refractivity contribution is 5.56. The van der Waals surface area contributed by atoms with E-state index in [1.807, 2.05) is 0 Å². The number of anilines is 1. The van der Waals surface area contributed by atoms with Crippen LogP contribution in [0.5, 0.6) is 0 Å². The van der Waals surface area contributed by atoms with E-state index in [1.165, 1.54) is 29.7 Å². The highest BCUT2D eigenvalue weighted by Gasteiger charge is 2.19. The van der Waals surface area contributed by atoms with E-state index < -0.39 is 0 Å². The molecule has 0 aromatic heterocycles. The van der Waals surface area contributed by atoms with Crippen LogP contribution in [0, 0.1) is 0 Å². The molecule has 0 saturated heterocycles. The van der Waals surface area contributed by atoms with Crippen LogP contribution in [0.2, 0.25) is 0 Å². The molecule has 1 aromatic rings. The summed E-state index contributed by atoms with van der Waals surface area (Å²) >= 11 is 0. The summed E-state index contributed by atoms with van der Waals surface area (Å²) < 4.78 is 0. The van der Waals surface area contributed by atoms with Crippen LogP contribution in [-0.2, 0) is 6.42 Å². The lowest BCUT2D eigenvalue weighted by Crippen LogP contribution is -2.35. The van der Waals surface area contributed by atoms with E-state index in [9.17, 15) is 0 Å². The van der Waals surface area contributed by atoms with E-state index in [2.05, 4.69) is 61.1 Å². The van der Waals surface area contributed by atoms with Crippen molar-refractivity contribution in [2.24, 2.45) is 5.73 Å². The van der Waals surface area contributed by atoms with Crippen LogP contribution in [0.1, 0.15) is 23.6 Å². The molecule has 0 fully saturated rings. The summed E-state index contributed by atoms with van der Waals surface area (Å²) in [5.41, 5.74) is 10.3. The van der Waals surface area contributed by atoms with Crippen molar-refractivity contribution in [3.8, 4) is 0 Å². The fourth-order valence-corrected chi connectivity index (χ4v) is 3.10. The molecule has 0 bridgehead atoms. The van der Waals surface area contributed by atoms with Gasteiger partial charge in [-0.1, -0.05) is 12.1 Å². The zero-order valence-electron chi connectivity index (χ0n) is 14.0. The monoisotopic (exact) mass is 290 g/mol. The Hall–Kier alpha value is -1.10. The maximum absolute atomic E-state index is 6.05. The number of benzene rings is 1. The second-order valence-electron chi connectivity index (χ2n) is 6.45. The lowest BCUT2D eigenvalue weighted by Gasteiger charge is -2.31. The van der Waals surface area contributed by atoms with E-state index in [1.54, 1.807) is 0 Å². The third kappa shape index (κ3) is 3.96. The van der Waals surface area contributed by atoms with Crippen LogP contribution >= 0.6 is 0 Å². The molecule has 21 heavy (non-hydrogen) atoms. The molecule has 0 amide bonds. The fourth-order valence-electron chi connectivity index (χ4n) is 3.10. The molecule has 0 spiro atoms. The van der Waals surface area contributed by atoms with E-state index in [0.29, 0.717) is 12.6 Å². The van der Waals surface area contributed by atoms with Gasteiger partial charge >= 0.3 is 0 Å². The van der Waals surface area contributed by atoms with Crippen LogP contribution in [0.25, 0.3) is 0 Å². The van der Waals surface area contributed by atoms with Gasteiger partial charge in [0.1, 0.15) is 0 Å². The minimum absolute atomic E-state index is 0.308. The van der Waals surface area contributed by atoms with Crippen molar-refractivity contribution in [2.45, 2.75) is 18.9 Å². The third-order valence-electron chi connectivity index (χ3n) is 4.49. The van der Waals surface area contributed by atoms with Crippen LogP contribution in [0.3, 0.4) is 0 Å². The zero-order valence-corrected chi connectivity index (χ0v) is 14.0. The Morgan fingerprint density at radius 3 is 2.67 bits per heavy atom. The molecule has 1 unspecified atom stereocenters. The van der Waals surface area contributed by atoms with Gasteiger partial charge in [-0.15, -0.1) is 0 Å². The predicted molar refractivity (Wildman–Crippen MR) is 91.0 cm³/mol. The van der Waals surface area contributed by atoms with Gasteiger partial charge in [0.15, 0.2) is 0 Å². The van der Waals surface area contributed by atoms with E-state index in [-0.39, 0.29) is 0 Å². The molecule has 1 atom stereocenters. The fraction of sp³-hybridized carbons (Fsp3) is 0.647. The molecule has 1 aliphatic rings. The van der Waals surface area contributed by atoms with Gasteiger partial charge in [-0.25, -0.2) is 0 Å². The van der Waals surface area contributed by atoms with Crippen molar-refractivity contribution in [1.29, 1.82) is 0 Å². The lowest BCUT2D eigenvalue weighted by atomic mass is 9.96. The zero-order chi connectivity index (χ0) is 15.4. The Balaban J connectivity index is 2.14. The summed E-state index contributed by atoms with van der Waals surface area (Å²) in [5.74, 6) is 0. The largest absolute Gasteiger partial charge is 0.374 e. The van der Waals surface area contributed by atoms with Crippen molar-refractivity contribution in [3.63, 3.8) is 0 Å². The first-order valence-electron chi connectivity index (χ1n) is 7.92. The van der Waals surface area contributed by atoms with Crippen LogP contribution in [-0.4, -0.2) is 64.2 Å². The topological polar surface area (TPSA) is 35.7 Å². The maximum Gasteiger partial charge on any atom is 0.0468 e. The third-order valence-corrected chi connectivity index (χ3v) is 4.49. The molecule has 1 aliphatic heterocycles. The molecule has 0 aliphatic carbocycles.